The summed E-state index contributed by atoms with van der Waals surface area (Å²) < 4.78 is 16.9. The van der Waals surface area contributed by atoms with Crippen molar-refractivity contribution in [3.05, 3.63) is 0 Å². The van der Waals surface area contributed by atoms with Gasteiger partial charge in [-0.25, -0.2) is 0 Å². The van der Waals surface area contributed by atoms with Crippen molar-refractivity contribution in [3.8, 4) is 0 Å². The fourth-order valence-electron chi connectivity index (χ4n) is 8.87. The van der Waals surface area contributed by atoms with Gasteiger partial charge in [0.05, 0.1) is 0 Å². The van der Waals surface area contributed by atoms with E-state index in [1.165, 1.54) is 212 Å². The van der Waals surface area contributed by atoms with Crippen LogP contribution in [0.4, 0.5) is 0 Å². The van der Waals surface area contributed by atoms with E-state index >= 15 is 0 Å². The van der Waals surface area contributed by atoms with Crippen molar-refractivity contribution in [2.45, 2.75) is 330 Å². The Morgan fingerprint density at radius 3 is 0.766 bits per heavy atom. The third-order valence-corrected chi connectivity index (χ3v) is 13.2. The average molecular weight is 906 g/mol. The van der Waals surface area contributed by atoms with Gasteiger partial charge in [0.25, 0.3) is 0 Å². The van der Waals surface area contributed by atoms with Gasteiger partial charge in [0.1, 0.15) is 13.2 Å². The van der Waals surface area contributed by atoms with Crippen LogP contribution in [-0.4, -0.2) is 37.2 Å². The van der Waals surface area contributed by atoms with Gasteiger partial charge in [0, 0.05) is 19.3 Å². The Labute approximate surface area is 399 Å². The maximum Gasteiger partial charge on any atom is 0.306 e. The summed E-state index contributed by atoms with van der Waals surface area (Å²) >= 11 is 0. The van der Waals surface area contributed by atoms with Crippen LogP contribution < -0.4 is 0 Å². The third kappa shape index (κ3) is 51.4. The summed E-state index contributed by atoms with van der Waals surface area (Å²) in [6.07, 6.45) is 53.8. The van der Waals surface area contributed by atoms with Gasteiger partial charge < -0.3 is 14.2 Å². The van der Waals surface area contributed by atoms with Crippen molar-refractivity contribution < 1.29 is 28.6 Å². The number of carbonyl (C=O) groups excluding carboxylic acids is 3. The van der Waals surface area contributed by atoms with Crippen molar-refractivity contribution in [1.82, 2.24) is 0 Å². The van der Waals surface area contributed by atoms with Crippen molar-refractivity contribution in [1.29, 1.82) is 0 Å². The fraction of sp³-hybridized carbons (Fsp3) is 0.948. The first-order valence-electron chi connectivity index (χ1n) is 28.7. The number of rotatable bonds is 52. The smallest absolute Gasteiger partial charge is 0.306 e. The summed E-state index contributed by atoms with van der Waals surface area (Å²) in [6, 6.07) is 0. The molecule has 0 heterocycles. The molecule has 0 aromatic carbocycles. The third-order valence-electron chi connectivity index (χ3n) is 13.2. The quantitative estimate of drug-likeness (QED) is 0.0344. The summed E-state index contributed by atoms with van der Waals surface area (Å²) in [4.78, 5) is 38.1. The maximum absolute atomic E-state index is 12.8. The summed E-state index contributed by atoms with van der Waals surface area (Å²) in [5, 5.41) is 0. The van der Waals surface area contributed by atoms with Crippen LogP contribution in [0.1, 0.15) is 324 Å². The fourth-order valence-corrected chi connectivity index (χ4v) is 8.87. The van der Waals surface area contributed by atoms with Gasteiger partial charge >= 0.3 is 17.9 Å². The molecule has 6 nitrogen and oxygen atoms in total. The molecule has 0 aromatic heterocycles. The van der Waals surface area contributed by atoms with Crippen LogP contribution in [0, 0.1) is 11.8 Å². The Kier molecular flexibility index (Phi) is 49.6. The molecule has 0 aliphatic carbocycles. The van der Waals surface area contributed by atoms with Gasteiger partial charge in [0.15, 0.2) is 6.10 Å². The summed E-state index contributed by atoms with van der Waals surface area (Å²) in [6.45, 7) is 11.4. The van der Waals surface area contributed by atoms with E-state index in [0.29, 0.717) is 19.3 Å². The van der Waals surface area contributed by atoms with Gasteiger partial charge in [0.2, 0.25) is 0 Å². The first-order valence-corrected chi connectivity index (χ1v) is 28.7. The number of hydrogen-bond acceptors (Lipinski definition) is 6. The minimum atomic E-state index is -0.762. The molecule has 0 rings (SSSR count). The molecule has 64 heavy (non-hydrogen) atoms. The Morgan fingerprint density at radius 2 is 0.516 bits per heavy atom. The molecule has 0 spiro atoms. The first kappa shape index (κ1) is 62.4. The number of ether oxygens (including phenoxy) is 3. The van der Waals surface area contributed by atoms with Crippen molar-refractivity contribution in [2.24, 2.45) is 11.8 Å². The molecular formula is C58H112O6. The number of unbranched alkanes of at least 4 members (excludes halogenated alkanes) is 37. The molecule has 1 atom stereocenters. The van der Waals surface area contributed by atoms with E-state index in [2.05, 4.69) is 34.6 Å². The second kappa shape index (κ2) is 50.8. The zero-order valence-electron chi connectivity index (χ0n) is 43.9. The molecule has 0 amide bonds. The molecule has 0 saturated carbocycles. The lowest BCUT2D eigenvalue weighted by molar-refractivity contribution is -0.167. The second-order valence-electron chi connectivity index (χ2n) is 20.9. The standard InChI is InChI=1S/C58H112O6/c1-6-7-8-9-10-11-12-22-28-33-38-43-48-56(59)62-51-55(64-58(61)50-45-40-35-30-25-24-27-32-37-42-47-54(4)5)52-63-57(60)49-44-39-34-29-23-20-18-16-14-13-15-17-19-21-26-31-36-41-46-53(2)3/h53-55H,6-52H2,1-5H3/t55-/m0/s1. The first-order chi connectivity index (χ1) is 31.2. The molecule has 0 unspecified atom stereocenters. The zero-order valence-corrected chi connectivity index (χ0v) is 43.9. The Bertz CT molecular complexity index is 978. The highest BCUT2D eigenvalue weighted by atomic mass is 16.6. The van der Waals surface area contributed by atoms with Gasteiger partial charge in [-0.15, -0.1) is 0 Å². The molecular weight excluding hydrogens is 793 g/mol. The Morgan fingerprint density at radius 1 is 0.297 bits per heavy atom. The number of hydrogen-bond donors (Lipinski definition) is 0. The lowest BCUT2D eigenvalue weighted by Gasteiger charge is -2.18. The SMILES string of the molecule is CCCCCCCCCCCCCCC(=O)OC[C@@H](COC(=O)CCCCCCCCCCCCCCCCCCCCC(C)C)OC(=O)CCCCCCCCCCCCC(C)C. The molecule has 380 valence electrons. The van der Waals surface area contributed by atoms with Crippen LogP contribution in [0.3, 0.4) is 0 Å². The molecule has 0 saturated heterocycles. The van der Waals surface area contributed by atoms with E-state index in [9.17, 15) is 14.4 Å². The van der Waals surface area contributed by atoms with Gasteiger partial charge in [-0.05, 0) is 31.1 Å². The number of carbonyl (C=O) groups is 3. The predicted molar refractivity (Wildman–Crippen MR) is 275 cm³/mol. The van der Waals surface area contributed by atoms with Crippen molar-refractivity contribution in [2.75, 3.05) is 13.2 Å². The molecule has 0 aliphatic rings. The molecule has 0 aromatic rings. The molecule has 0 bridgehead atoms. The Balaban J connectivity index is 4.22. The lowest BCUT2D eigenvalue weighted by Crippen LogP contribution is -2.30. The van der Waals surface area contributed by atoms with Gasteiger partial charge in [-0.3, -0.25) is 14.4 Å². The van der Waals surface area contributed by atoms with Crippen LogP contribution in [-0.2, 0) is 28.6 Å². The van der Waals surface area contributed by atoms with Gasteiger partial charge in [-0.2, -0.15) is 0 Å². The Hall–Kier alpha value is -1.59. The molecule has 6 heteroatoms. The van der Waals surface area contributed by atoms with Crippen LogP contribution in [0.15, 0.2) is 0 Å². The highest BCUT2D eigenvalue weighted by Crippen LogP contribution is 2.18. The van der Waals surface area contributed by atoms with E-state index in [0.717, 1.165) is 69.6 Å². The zero-order chi connectivity index (χ0) is 46.8. The van der Waals surface area contributed by atoms with Crippen LogP contribution in [0.2, 0.25) is 0 Å². The molecule has 0 aliphatic heterocycles. The highest BCUT2D eigenvalue weighted by Gasteiger charge is 2.19. The minimum Gasteiger partial charge on any atom is -0.462 e. The average Bonchev–Trinajstić information content (AvgIpc) is 3.27. The second-order valence-corrected chi connectivity index (χ2v) is 20.9. The normalized spacial score (nSPS) is 12.0. The molecule has 0 fully saturated rings. The van der Waals surface area contributed by atoms with Crippen molar-refractivity contribution in [3.63, 3.8) is 0 Å². The van der Waals surface area contributed by atoms with E-state index in [-0.39, 0.29) is 31.1 Å². The van der Waals surface area contributed by atoms with Crippen LogP contribution in [0.25, 0.3) is 0 Å². The summed E-state index contributed by atoms with van der Waals surface area (Å²) in [5.41, 5.74) is 0. The molecule has 0 N–H and O–H groups in total. The highest BCUT2D eigenvalue weighted by molar-refractivity contribution is 5.71. The van der Waals surface area contributed by atoms with E-state index in [4.69, 9.17) is 14.2 Å². The summed E-state index contributed by atoms with van der Waals surface area (Å²) in [7, 11) is 0. The topological polar surface area (TPSA) is 78.9 Å². The van der Waals surface area contributed by atoms with Crippen molar-refractivity contribution >= 4 is 17.9 Å². The van der Waals surface area contributed by atoms with E-state index in [1.807, 2.05) is 0 Å². The van der Waals surface area contributed by atoms with Gasteiger partial charge in [-0.1, -0.05) is 285 Å². The maximum atomic E-state index is 12.8. The summed E-state index contributed by atoms with van der Waals surface area (Å²) in [5.74, 6) is 0.834. The number of esters is 3. The largest absolute Gasteiger partial charge is 0.462 e. The lowest BCUT2D eigenvalue weighted by atomic mass is 10.0. The van der Waals surface area contributed by atoms with Crippen LogP contribution in [0.5, 0.6) is 0 Å². The minimum absolute atomic E-state index is 0.0629. The van der Waals surface area contributed by atoms with E-state index in [1.54, 1.807) is 0 Å². The predicted octanol–water partition coefficient (Wildman–Crippen LogP) is 18.9. The van der Waals surface area contributed by atoms with Crippen LogP contribution >= 0.6 is 0 Å². The molecule has 0 radical (unpaired) electrons. The van der Waals surface area contributed by atoms with E-state index < -0.39 is 6.10 Å². The monoisotopic (exact) mass is 905 g/mol.